The average Bonchev–Trinajstić information content (AvgIpc) is 3.31. The molecular weight excluding hydrogens is 454 g/mol. The Morgan fingerprint density at radius 3 is 2.42 bits per heavy atom. The van der Waals surface area contributed by atoms with Crippen molar-refractivity contribution in [3.63, 3.8) is 0 Å². The molecule has 31 heavy (non-hydrogen) atoms. The first-order chi connectivity index (χ1) is 14.8. The fraction of sp³-hybridized carbons (Fsp3) is 0.304. The molecule has 0 radical (unpaired) electrons. The van der Waals surface area contributed by atoms with Crippen LogP contribution in [0.15, 0.2) is 60.1 Å². The molecule has 5 rings (SSSR count). The molecule has 0 amide bonds. The van der Waals surface area contributed by atoms with E-state index in [-0.39, 0.29) is 18.2 Å². The molecule has 1 aliphatic rings. The number of thiazole rings is 1. The van der Waals surface area contributed by atoms with Gasteiger partial charge >= 0.3 is 0 Å². The van der Waals surface area contributed by atoms with Gasteiger partial charge in [0.15, 0.2) is 6.54 Å². The number of piperidine rings is 1. The first-order valence-electron chi connectivity index (χ1n) is 10.0. The molecule has 8 heteroatoms. The van der Waals surface area contributed by atoms with Crippen LogP contribution in [0.3, 0.4) is 0 Å². The van der Waals surface area contributed by atoms with E-state index in [1.165, 1.54) is 55.6 Å². The predicted octanol–water partition coefficient (Wildman–Crippen LogP) is 1.45. The van der Waals surface area contributed by atoms with Crippen LogP contribution in [0.1, 0.15) is 25.0 Å². The van der Waals surface area contributed by atoms with Crippen molar-refractivity contribution in [1.29, 1.82) is 0 Å². The minimum Gasteiger partial charge on any atom is -1.00 e. The van der Waals surface area contributed by atoms with Crippen molar-refractivity contribution < 1.29 is 27.5 Å². The van der Waals surface area contributed by atoms with Gasteiger partial charge < -0.3 is 23.5 Å². The Morgan fingerprint density at radius 2 is 1.81 bits per heavy atom. The SMILES string of the molecule is C1CCNCC1.CCl.[Cl-].[NH3+]Cc1ccc2cc(F)ccc2[nH+]1.c1ccc2scnc2c1. The molecule has 0 spiro atoms. The summed E-state index contributed by atoms with van der Waals surface area (Å²) in [5, 5.41) is 4.17. The zero-order valence-corrected chi connectivity index (χ0v) is 20.0. The number of pyridine rings is 1. The van der Waals surface area contributed by atoms with Crippen LogP contribution in [0.25, 0.3) is 21.1 Å². The third-order valence-corrected chi connectivity index (χ3v) is 5.30. The topological polar surface area (TPSA) is 66.7 Å². The quantitative estimate of drug-likeness (QED) is 0.402. The maximum atomic E-state index is 12.8. The van der Waals surface area contributed by atoms with E-state index in [1.807, 2.05) is 35.8 Å². The van der Waals surface area contributed by atoms with Gasteiger partial charge in [-0.05, 0) is 56.3 Å². The molecular formula is C23H30Cl2FN4S+. The minimum atomic E-state index is -0.205. The predicted molar refractivity (Wildman–Crippen MR) is 125 cm³/mol. The number of fused-ring (bicyclic) bond motifs is 2. The standard InChI is InChI=1S/C10H9FN2.C7H5NS.C5H11N.CH3Cl.ClH/c11-8-2-4-10-7(5-8)1-3-9(6-12)13-10;1-2-4-7-6(3-1)8-5-9-7;1-2-4-6-5-3-1;1-2;/h1-5H,6,12H2;1-5H;6H,1-5H2;1H3;1H/p+1. The van der Waals surface area contributed by atoms with E-state index in [4.69, 9.17) is 0 Å². The van der Waals surface area contributed by atoms with E-state index in [0.29, 0.717) is 6.54 Å². The number of hydrogen-bond donors (Lipinski definition) is 2. The highest BCUT2D eigenvalue weighted by Crippen LogP contribution is 2.15. The lowest BCUT2D eigenvalue weighted by Gasteiger charge is -2.08. The van der Waals surface area contributed by atoms with Crippen molar-refractivity contribution in [3.05, 3.63) is 71.6 Å². The third-order valence-electron chi connectivity index (χ3n) is 4.49. The van der Waals surface area contributed by atoms with Gasteiger partial charge in [0.05, 0.1) is 15.7 Å². The summed E-state index contributed by atoms with van der Waals surface area (Å²) < 4.78 is 14.1. The highest BCUT2D eigenvalue weighted by molar-refractivity contribution is 7.16. The molecule has 168 valence electrons. The van der Waals surface area contributed by atoms with Crippen molar-refractivity contribution in [2.45, 2.75) is 25.8 Å². The molecule has 5 N–H and O–H groups in total. The maximum absolute atomic E-state index is 12.8. The molecule has 0 saturated carbocycles. The Labute approximate surface area is 198 Å². The number of aromatic nitrogens is 2. The molecule has 1 aliphatic heterocycles. The van der Waals surface area contributed by atoms with Gasteiger partial charge in [-0.3, -0.25) is 0 Å². The van der Waals surface area contributed by atoms with Crippen LogP contribution in [0.2, 0.25) is 0 Å². The summed E-state index contributed by atoms with van der Waals surface area (Å²) in [6.07, 6.45) is 5.69. The molecule has 1 fully saturated rings. The molecule has 2 aromatic heterocycles. The van der Waals surface area contributed by atoms with Crippen LogP contribution in [-0.2, 0) is 6.54 Å². The fourth-order valence-electron chi connectivity index (χ4n) is 2.94. The van der Waals surface area contributed by atoms with Gasteiger partial charge in [-0.15, -0.1) is 22.9 Å². The van der Waals surface area contributed by atoms with Gasteiger partial charge in [0.1, 0.15) is 5.82 Å². The number of nitrogens with zero attached hydrogens (tertiary/aromatic N) is 1. The molecule has 0 bridgehead atoms. The lowest BCUT2D eigenvalue weighted by atomic mass is 10.2. The van der Waals surface area contributed by atoms with Gasteiger partial charge in [-0.2, -0.15) is 0 Å². The minimum absolute atomic E-state index is 0. The molecule has 1 saturated heterocycles. The van der Waals surface area contributed by atoms with Crippen LogP contribution < -0.4 is 28.4 Å². The molecule has 2 aromatic carbocycles. The number of rotatable bonds is 1. The van der Waals surface area contributed by atoms with Crippen molar-refractivity contribution in [2.24, 2.45) is 0 Å². The molecule has 4 aromatic rings. The third kappa shape index (κ3) is 9.46. The number of para-hydroxylation sites is 1. The number of hydrogen-bond acceptors (Lipinski definition) is 3. The molecule has 3 heterocycles. The van der Waals surface area contributed by atoms with Crippen molar-refractivity contribution in [3.8, 4) is 0 Å². The number of H-pyrrole nitrogens is 1. The van der Waals surface area contributed by atoms with E-state index in [1.54, 1.807) is 17.4 Å². The van der Waals surface area contributed by atoms with Crippen LogP contribution >= 0.6 is 22.9 Å². The normalized spacial score (nSPS) is 12.3. The first-order valence-corrected chi connectivity index (χ1v) is 11.7. The van der Waals surface area contributed by atoms with E-state index in [0.717, 1.165) is 22.1 Å². The van der Waals surface area contributed by atoms with Crippen LogP contribution in [0, 0.1) is 5.82 Å². The summed E-state index contributed by atoms with van der Waals surface area (Å²) in [6, 6.07) is 16.7. The Morgan fingerprint density at radius 1 is 1.06 bits per heavy atom. The van der Waals surface area contributed by atoms with Crippen molar-refractivity contribution >= 4 is 44.1 Å². The fourth-order valence-corrected chi connectivity index (χ4v) is 3.62. The second-order valence-corrected chi connectivity index (χ2v) is 7.48. The Kier molecular flexibility index (Phi) is 13.9. The first kappa shape index (κ1) is 27.2. The molecule has 0 unspecified atom stereocenters. The summed E-state index contributed by atoms with van der Waals surface area (Å²) in [4.78, 5) is 7.31. The summed E-state index contributed by atoms with van der Waals surface area (Å²) >= 11 is 6.32. The summed E-state index contributed by atoms with van der Waals surface area (Å²) in [6.45, 7) is 3.22. The van der Waals surface area contributed by atoms with Gasteiger partial charge in [0, 0.05) is 23.9 Å². The zero-order chi connectivity index (χ0) is 21.6. The monoisotopic (exact) mass is 483 g/mol. The number of alkyl halides is 1. The van der Waals surface area contributed by atoms with Gasteiger partial charge in [0.2, 0.25) is 11.2 Å². The Bertz CT molecular complexity index is 967. The van der Waals surface area contributed by atoms with Gasteiger partial charge in [0.25, 0.3) is 0 Å². The number of benzene rings is 2. The molecule has 0 atom stereocenters. The van der Waals surface area contributed by atoms with Crippen LogP contribution in [0.4, 0.5) is 4.39 Å². The van der Waals surface area contributed by atoms with E-state index < -0.39 is 0 Å². The second kappa shape index (κ2) is 15.9. The Balaban J connectivity index is 0.000000234. The van der Waals surface area contributed by atoms with Crippen LogP contribution in [-0.4, -0.2) is 24.5 Å². The zero-order valence-electron chi connectivity index (χ0n) is 17.7. The van der Waals surface area contributed by atoms with E-state index in [2.05, 4.69) is 38.7 Å². The van der Waals surface area contributed by atoms with E-state index in [9.17, 15) is 4.39 Å². The molecule has 0 aliphatic carbocycles. The number of halogens is 3. The average molecular weight is 484 g/mol. The number of quaternary nitrogens is 1. The number of aromatic amines is 1. The lowest BCUT2D eigenvalue weighted by Crippen LogP contribution is -3.00. The smallest absolute Gasteiger partial charge is 0.235 e. The second-order valence-electron chi connectivity index (χ2n) is 6.60. The summed E-state index contributed by atoms with van der Waals surface area (Å²) in [5.41, 5.74) is 8.74. The summed E-state index contributed by atoms with van der Waals surface area (Å²) in [7, 11) is 0. The van der Waals surface area contributed by atoms with Crippen LogP contribution in [0.5, 0.6) is 0 Å². The highest BCUT2D eigenvalue weighted by atomic mass is 35.5. The maximum Gasteiger partial charge on any atom is 0.235 e. The Hall–Kier alpha value is -1.83. The summed E-state index contributed by atoms with van der Waals surface area (Å²) in [5.74, 6) is -0.205. The number of nitrogens with one attached hydrogen (secondary N) is 2. The van der Waals surface area contributed by atoms with Gasteiger partial charge in [-0.25, -0.2) is 14.4 Å². The van der Waals surface area contributed by atoms with Crippen molar-refractivity contribution in [1.82, 2.24) is 10.3 Å². The lowest BCUT2D eigenvalue weighted by molar-refractivity contribution is -0.443. The highest BCUT2D eigenvalue weighted by Gasteiger charge is 2.05. The largest absolute Gasteiger partial charge is 1.00 e. The molecule has 4 nitrogen and oxygen atoms in total. The van der Waals surface area contributed by atoms with Gasteiger partial charge in [-0.1, -0.05) is 18.6 Å². The van der Waals surface area contributed by atoms with Crippen molar-refractivity contribution in [2.75, 3.05) is 19.5 Å². The van der Waals surface area contributed by atoms with E-state index >= 15 is 0 Å².